The fourth-order valence-electron chi connectivity index (χ4n) is 8.26. The fraction of sp³-hybridized carbons (Fsp3) is 0.553. The highest BCUT2D eigenvalue weighted by Gasteiger charge is 2.57. The highest BCUT2D eigenvalue weighted by molar-refractivity contribution is 7.10. The fourth-order valence-corrected chi connectivity index (χ4v) is 8.94. The van der Waals surface area contributed by atoms with Gasteiger partial charge in [0.25, 0.3) is 5.91 Å². The molecule has 1 aliphatic carbocycles. The van der Waals surface area contributed by atoms with Gasteiger partial charge in [-0.25, -0.2) is 0 Å². The molecule has 0 spiro atoms. The Labute approximate surface area is 317 Å². The van der Waals surface area contributed by atoms with E-state index in [0.29, 0.717) is 48.3 Å². The summed E-state index contributed by atoms with van der Waals surface area (Å²) in [6, 6.07) is 8.45. The maximum absolute atomic E-state index is 15.0. The SMILES string of the molecule is CCC[C@H]1N(C(O)c2ncccc2C(F)(F)F)CCC[C@@]1(Oc1csc(C(F)(F)F)c1)C(=O)N1CCC(O)(c2ccccc2O[C@@H]2CC[C@H](C(=O)O)C2)CC1. The highest BCUT2D eigenvalue weighted by Crippen LogP contribution is 2.46. The first-order chi connectivity index (χ1) is 26.0. The topological polar surface area (TPSA) is 133 Å². The number of alkyl halides is 6. The van der Waals surface area contributed by atoms with Crippen molar-refractivity contribution in [1.82, 2.24) is 14.8 Å². The van der Waals surface area contributed by atoms with Crippen molar-refractivity contribution in [2.75, 3.05) is 19.6 Å². The molecule has 6 rings (SSSR count). The molecule has 4 heterocycles. The van der Waals surface area contributed by atoms with Crippen LogP contribution in [0.5, 0.6) is 11.5 Å². The van der Waals surface area contributed by atoms with Crippen LogP contribution in [0.4, 0.5) is 26.3 Å². The number of hydrogen-bond acceptors (Lipinski definition) is 9. The molecule has 10 nitrogen and oxygen atoms in total. The van der Waals surface area contributed by atoms with Gasteiger partial charge in [-0.3, -0.25) is 19.5 Å². The number of carbonyl (C=O) groups is 2. The van der Waals surface area contributed by atoms with Crippen LogP contribution >= 0.6 is 11.3 Å². The van der Waals surface area contributed by atoms with Crippen molar-refractivity contribution in [3.05, 3.63) is 75.7 Å². The number of piperidine rings is 2. The first-order valence-corrected chi connectivity index (χ1v) is 19.2. The quantitative estimate of drug-likeness (QED) is 0.170. The van der Waals surface area contributed by atoms with Crippen molar-refractivity contribution < 1.29 is 60.7 Å². The summed E-state index contributed by atoms with van der Waals surface area (Å²) in [4.78, 5) is 32.1. The molecular formula is C38H43F6N3O7S. The maximum atomic E-state index is 15.0. The third kappa shape index (κ3) is 8.44. The average Bonchev–Trinajstić information content (AvgIpc) is 3.82. The average molecular weight is 800 g/mol. The van der Waals surface area contributed by atoms with Gasteiger partial charge in [-0.15, -0.1) is 11.3 Å². The number of rotatable bonds is 11. The van der Waals surface area contributed by atoms with E-state index in [0.717, 1.165) is 29.8 Å². The number of aliphatic hydroxyl groups excluding tert-OH is 1. The first kappa shape index (κ1) is 40.7. The van der Waals surface area contributed by atoms with Crippen molar-refractivity contribution in [2.45, 2.75) is 107 Å². The number of ether oxygens (including phenoxy) is 2. The van der Waals surface area contributed by atoms with Crippen molar-refractivity contribution in [2.24, 2.45) is 5.92 Å². The van der Waals surface area contributed by atoms with Crippen LogP contribution in [-0.2, 0) is 27.5 Å². The zero-order valence-electron chi connectivity index (χ0n) is 30.0. The summed E-state index contributed by atoms with van der Waals surface area (Å²) in [6.07, 6.45) is -8.73. The van der Waals surface area contributed by atoms with E-state index in [1.54, 1.807) is 31.2 Å². The second kappa shape index (κ2) is 15.9. The third-order valence-corrected chi connectivity index (χ3v) is 11.9. The van der Waals surface area contributed by atoms with Crippen LogP contribution < -0.4 is 9.47 Å². The highest BCUT2D eigenvalue weighted by atomic mass is 32.1. The van der Waals surface area contributed by atoms with Crippen LogP contribution in [0.1, 0.15) is 92.6 Å². The summed E-state index contributed by atoms with van der Waals surface area (Å²) in [5, 5.41) is 34.2. The molecule has 2 aliphatic heterocycles. The molecule has 300 valence electrons. The van der Waals surface area contributed by atoms with Crippen LogP contribution in [-0.4, -0.2) is 79.4 Å². The molecule has 2 aromatic heterocycles. The molecule has 1 amide bonds. The number of carbonyl (C=O) groups excluding carboxylic acids is 1. The van der Waals surface area contributed by atoms with E-state index in [1.807, 2.05) is 0 Å². The Kier molecular flexibility index (Phi) is 11.8. The summed E-state index contributed by atoms with van der Waals surface area (Å²) in [5.41, 5.74) is -4.77. The molecule has 0 radical (unpaired) electrons. The van der Waals surface area contributed by atoms with E-state index >= 15 is 0 Å². The lowest BCUT2D eigenvalue weighted by Crippen LogP contribution is -2.68. The minimum Gasteiger partial charge on any atom is -0.490 e. The molecule has 0 bridgehead atoms. The number of thiophene rings is 1. The molecule has 1 aromatic carbocycles. The molecule has 3 aliphatic rings. The van der Waals surface area contributed by atoms with Gasteiger partial charge in [-0.05, 0) is 69.6 Å². The lowest BCUT2D eigenvalue weighted by Gasteiger charge is -2.52. The molecule has 1 unspecified atom stereocenters. The number of aliphatic carboxylic acids is 1. The molecule has 5 atom stereocenters. The van der Waals surface area contributed by atoms with Crippen molar-refractivity contribution in [3.63, 3.8) is 0 Å². The Morgan fingerprint density at radius 2 is 1.75 bits per heavy atom. The number of likely N-dealkylation sites (tertiary alicyclic amines) is 2. The number of carboxylic acids is 1. The van der Waals surface area contributed by atoms with E-state index in [2.05, 4.69) is 4.98 Å². The molecule has 3 N–H and O–H groups in total. The normalized spacial score (nSPS) is 25.4. The zero-order valence-corrected chi connectivity index (χ0v) is 30.8. The van der Waals surface area contributed by atoms with Gasteiger partial charge in [0.15, 0.2) is 6.23 Å². The summed E-state index contributed by atoms with van der Waals surface area (Å²) in [6.45, 7) is 1.78. The van der Waals surface area contributed by atoms with E-state index in [9.17, 15) is 51.3 Å². The Morgan fingerprint density at radius 1 is 1.02 bits per heavy atom. The van der Waals surface area contributed by atoms with E-state index < -0.39 is 69.8 Å². The number of carboxylic acid groups (broad SMARTS) is 1. The largest absolute Gasteiger partial charge is 0.490 e. The molecule has 2 saturated heterocycles. The lowest BCUT2D eigenvalue weighted by molar-refractivity contribution is -0.177. The third-order valence-electron chi connectivity index (χ3n) is 11.0. The number of aromatic nitrogens is 1. The predicted octanol–water partition coefficient (Wildman–Crippen LogP) is 7.40. The monoisotopic (exact) mass is 799 g/mol. The number of nitrogens with zero attached hydrogens (tertiary/aromatic N) is 3. The summed E-state index contributed by atoms with van der Waals surface area (Å²) < 4.78 is 96.0. The van der Waals surface area contributed by atoms with E-state index in [-0.39, 0.29) is 63.6 Å². The zero-order chi connectivity index (χ0) is 39.8. The van der Waals surface area contributed by atoms with Gasteiger partial charge in [0.2, 0.25) is 5.60 Å². The second-order valence-corrected chi connectivity index (χ2v) is 15.4. The maximum Gasteiger partial charge on any atom is 0.425 e. The number of amides is 1. The Hall–Kier alpha value is -3.93. The Bertz CT molecular complexity index is 1830. The van der Waals surface area contributed by atoms with Crippen LogP contribution in [0.25, 0.3) is 0 Å². The van der Waals surface area contributed by atoms with Gasteiger partial charge in [0.1, 0.15) is 16.4 Å². The van der Waals surface area contributed by atoms with E-state index in [1.165, 1.54) is 9.80 Å². The van der Waals surface area contributed by atoms with Crippen LogP contribution in [0.15, 0.2) is 54.0 Å². The summed E-state index contributed by atoms with van der Waals surface area (Å²) in [5.74, 6) is -1.89. The number of aliphatic hydroxyl groups is 2. The van der Waals surface area contributed by atoms with Crippen LogP contribution in [0, 0.1) is 5.92 Å². The molecule has 3 aromatic rings. The van der Waals surface area contributed by atoms with Crippen molar-refractivity contribution in [3.8, 4) is 11.5 Å². The number of benzene rings is 1. The standard InChI is InChI=1S/C38H43F6N3O7S/c1-2-7-29-36(54-25-21-30(55-22-25)38(42,43)44,13-6-17-47(29)32(48)31-27(37(39,40)41)9-5-16-45-31)34(51)46-18-14-35(52,15-19-46)26-8-3-4-10-28(26)53-24-12-11-23(20-24)33(49)50/h3-5,8-10,16,21-24,29,32,48,52H,2,6-7,11-15,17-20H2,1H3,(H,49,50)/t23-,24+,29+,32?,36-/m0/s1. The number of hydrogen-bond donors (Lipinski definition) is 3. The molecule has 1 saturated carbocycles. The Morgan fingerprint density at radius 3 is 2.38 bits per heavy atom. The smallest absolute Gasteiger partial charge is 0.425 e. The van der Waals surface area contributed by atoms with Crippen LogP contribution in [0.3, 0.4) is 0 Å². The predicted molar refractivity (Wildman–Crippen MR) is 187 cm³/mol. The minimum absolute atomic E-state index is 0.0125. The van der Waals surface area contributed by atoms with Crippen LogP contribution in [0.2, 0.25) is 0 Å². The Balaban J connectivity index is 1.31. The van der Waals surface area contributed by atoms with Crippen molar-refractivity contribution >= 4 is 23.2 Å². The summed E-state index contributed by atoms with van der Waals surface area (Å²) in [7, 11) is 0. The molecule has 3 fully saturated rings. The van der Waals surface area contributed by atoms with Gasteiger partial charge in [0, 0.05) is 42.8 Å². The number of pyridine rings is 1. The summed E-state index contributed by atoms with van der Waals surface area (Å²) >= 11 is 0.379. The minimum atomic E-state index is -4.86. The first-order valence-electron chi connectivity index (χ1n) is 18.3. The number of para-hydroxylation sites is 1. The van der Waals surface area contributed by atoms with Gasteiger partial charge >= 0.3 is 18.3 Å². The van der Waals surface area contributed by atoms with E-state index in [4.69, 9.17) is 9.47 Å². The van der Waals surface area contributed by atoms with Gasteiger partial charge in [0.05, 0.1) is 34.9 Å². The van der Waals surface area contributed by atoms with Crippen molar-refractivity contribution in [1.29, 1.82) is 0 Å². The van der Waals surface area contributed by atoms with Gasteiger partial charge < -0.3 is 29.7 Å². The lowest BCUT2D eigenvalue weighted by atomic mass is 9.78. The number of halogens is 6. The molecule has 55 heavy (non-hydrogen) atoms. The van der Waals surface area contributed by atoms with Gasteiger partial charge in [-0.2, -0.15) is 26.3 Å². The van der Waals surface area contributed by atoms with Gasteiger partial charge in [-0.1, -0.05) is 31.5 Å². The second-order valence-electron chi connectivity index (χ2n) is 14.5. The molecular weight excluding hydrogens is 756 g/mol. The molecule has 17 heteroatoms.